The van der Waals surface area contributed by atoms with Gasteiger partial charge in [-0.05, 0) is 157 Å². The second-order valence-corrected chi connectivity index (χ2v) is 20.8. The van der Waals surface area contributed by atoms with Gasteiger partial charge in [-0.2, -0.15) is 8.42 Å². The number of thiophene rings is 3. The molecule has 7 nitrogen and oxygen atoms in total. The summed E-state index contributed by atoms with van der Waals surface area (Å²) in [5.74, 6) is 2.29. The second kappa shape index (κ2) is 25.1. The number of benzene rings is 3. The zero-order valence-electron chi connectivity index (χ0n) is 31.8. The molecule has 3 aromatic carbocycles. The zero-order valence-corrected chi connectivity index (χ0v) is 46.2. The summed E-state index contributed by atoms with van der Waals surface area (Å²) >= 11 is 18.4. The molecule has 307 valence electrons. The van der Waals surface area contributed by atoms with Crippen molar-refractivity contribution in [2.24, 2.45) is 0 Å². The van der Waals surface area contributed by atoms with Crippen LogP contribution in [0.5, 0.6) is 0 Å². The molecule has 4 N–H and O–H groups in total. The average Bonchev–Trinajstić information content (AvgIpc) is 4.03. The van der Waals surface area contributed by atoms with E-state index in [-0.39, 0.29) is 49.5 Å². The number of aryl methyl sites for hydroxylation is 1. The molecule has 0 bridgehead atoms. The SMILES string of the molecule is BrBr.Cc1ccc2c(C3CCCC3)c(Br)sc2c1.O.O=S(=O)(O)O.[Ac].[C-]#[N+]c1ccc2c(C3CCCC3)c(Br)sc2c1.[C-]#[N+]c1ccc2c(C3CCCC3)csc2c1. The Morgan fingerprint density at radius 1 is 0.638 bits per heavy atom. The van der Waals surface area contributed by atoms with Gasteiger partial charge in [0.05, 0.1) is 20.7 Å². The van der Waals surface area contributed by atoms with Crippen LogP contribution in [0.1, 0.15) is 117 Å². The molecule has 1 radical (unpaired) electrons. The summed E-state index contributed by atoms with van der Waals surface area (Å²) in [5.41, 5.74) is 7.45. The van der Waals surface area contributed by atoms with Crippen molar-refractivity contribution in [2.45, 2.75) is 102 Å². The van der Waals surface area contributed by atoms with E-state index in [0.717, 1.165) is 29.1 Å². The number of halogens is 4. The first-order chi connectivity index (χ1) is 26.9. The number of fused-ring (bicyclic) bond motifs is 3. The van der Waals surface area contributed by atoms with Crippen LogP contribution in [-0.2, 0) is 10.4 Å². The fourth-order valence-corrected chi connectivity index (χ4v) is 13.5. The number of hydrogen-bond acceptors (Lipinski definition) is 5. The third kappa shape index (κ3) is 14.1. The van der Waals surface area contributed by atoms with E-state index in [0.29, 0.717) is 0 Å². The Kier molecular flexibility index (Phi) is 22.5. The van der Waals surface area contributed by atoms with Crippen LogP contribution in [0, 0.1) is 64.1 Å². The first-order valence-corrected chi connectivity index (χ1v) is 27.6. The van der Waals surface area contributed by atoms with E-state index in [1.54, 1.807) is 28.2 Å². The quantitative estimate of drug-likeness (QED) is 0.136. The fourth-order valence-electron chi connectivity index (χ4n) is 8.19. The summed E-state index contributed by atoms with van der Waals surface area (Å²) in [6.07, 6.45) is 16.3. The van der Waals surface area contributed by atoms with Gasteiger partial charge in [0.25, 0.3) is 0 Å². The minimum absolute atomic E-state index is 0. The molecular weight excluding hydrogens is 1290 g/mol. The van der Waals surface area contributed by atoms with Gasteiger partial charge < -0.3 is 5.48 Å². The van der Waals surface area contributed by atoms with Crippen LogP contribution < -0.4 is 0 Å². The topological polar surface area (TPSA) is 115 Å². The summed E-state index contributed by atoms with van der Waals surface area (Å²) in [5, 5.41) is 6.51. The van der Waals surface area contributed by atoms with E-state index in [9.17, 15) is 0 Å². The van der Waals surface area contributed by atoms with Crippen molar-refractivity contribution < 1.29 is 67.1 Å². The maximum absolute atomic E-state index is 8.74. The van der Waals surface area contributed by atoms with E-state index in [1.165, 1.54) is 132 Å². The largest absolute Gasteiger partial charge is 0.412 e. The minimum Gasteiger partial charge on any atom is -0.412 e. The summed E-state index contributed by atoms with van der Waals surface area (Å²) < 4.78 is 38.2. The first-order valence-electron chi connectivity index (χ1n) is 18.4. The van der Waals surface area contributed by atoms with Crippen molar-refractivity contribution in [1.29, 1.82) is 0 Å². The van der Waals surface area contributed by atoms with Gasteiger partial charge in [0, 0.05) is 86.4 Å². The van der Waals surface area contributed by atoms with E-state index < -0.39 is 10.4 Å². The summed E-state index contributed by atoms with van der Waals surface area (Å²) in [6.45, 7) is 16.3. The van der Waals surface area contributed by atoms with E-state index in [1.807, 2.05) is 35.6 Å². The third-order valence-corrected chi connectivity index (χ3v) is 15.4. The Balaban J connectivity index is 0.000000212. The molecule has 6 aromatic rings. The first kappa shape index (κ1) is 52.1. The monoisotopic (exact) mass is 1330 g/mol. The van der Waals surface area contributed by atoms with Crippen LogP contribution in [-0.4, -0.2) is 23.0 Å². The Bertz CT molecular complexity index is 2450. The van der Waals surface area contributed by atoms with Crippen molar-refractivity contribution >= 4 is 146 Å². The van der Waals surface area contributed by atoms with Crippen LogP contribution in [0.3, 0.4) is 0 Å². The smallest absolute Gasteiger partial charge is 0.394 e. The number of hydrogen-bond donors (Lipinski definition) is 2. The average molecular weight is 1330 g/mol. The predicted molar refractivity (Wildman–Crippen MR) is 257 cm³/mol. The Hall–Kier alpha value is -0.288. The molecule has 3 aromatic heterocycles. The van der Waals surface area contributed by atoms with Crippen LogP contribution >= 0.6 is 94.1 Å². The Morgan fingerprint density at radius 2 is 1.02 bits per heavy atom. The normalized spacial score (nSPS) is 15.3. The second-order valence-electron chi connectivity index (χ2n) is 14.2. The van der Waals surface area contributed by atoms with Gasteiger partial charge in [-0.3, -0.25) is 9.11 Å². The molecule has 0 atom stereocenters. The van der Waals surface area contributed by atoms with Crippen molar-refractivity contribution in [3.8, 4) is 0 Å². The molecule has 0 amide bonds. The molecule has 9 rings (SSSR count). The molecule has 3 heterocycles. The van der Waals surface area contributed by atoms with Gasteiger partial charge in [-0.1, -0.05) is 74.9 Å². The summed E-state index contributed by atoms with van der Waals surface area (Å²) in [4.78, 5) is 6.98. The van der Waals surface area contributed by atoms with Crippen molar-refractivity contribution in [1.82, 2.24) is 0 Å². The van der Waals surface area contributed by atoms with Gasteiger partial charge in [-0.15, -0.1) is 34.0 Å². The molecule has 0 aliphatic heterocycles. The van der Waals surface area contributed by atoms with Crippen LogP contribution in [0.4, 0.5) is 11.4 Å². The van der Waals surface area contributed by atoms with Crippen molar-refractivity contribution in [2.75, 3.05) is 0 Å². The van der Waals surface area contributed by atoms with Gasteiger partial charge in [0.2, 0.25) is 0 Å². The van der Waals surface area contributed by atoms with Crippen molar-refractivity contribution in [3.63, 3.8) is 0 Å². The van der Waals surface area contributed by atoms with Gasteiger partial charge in [-0.25, -0.2) is 9.69 Å². The third-order valence-electron chi connectivity index (χ3n) is 10.7. The maximum Gasteiger partial charge on any atom is 0.394 e. The van der Waals surface area contributed by atoms with Crippen LogP contribution in [0.25, 0.3) is 39.9 Å². The molecular formula is C42H44AcBr4N2O5S4. The standard InChI is InChI=1S/C14H12BrNS.C14H15BrS.C14H13NS.Ac.Br2.H2O4S.H2O/c1-16-10-6-7-11-12(8-10)17-14(15)13(11)9-4-2-3-5-9;1-9-6-7-11-12(8-9)16-14(15)13(11)10-4-2-3-5-10;1-15-11-6-7-12-13(9-16-14(12)8-11)10-4-2-3-5-10;;1-2;1-5(2,3)4;/h6-9H,2-5H2;6-8,10H,2-5H2,1H3;6-10H,2-5H2;;;(H2,1,2,3,4);1H2. The zero-order chi connectivity index (χ0) is 40.4. The van der Waals surface area contributed by atoms with Crippen LogP contribution in [0.2, 0.25) is 0 Å². The summed E-state index contributed by atoms with van der Waals surface area (Å²) in [7, 11) is -4.67. The molecule has 3 fully saturated rings. The van der Waals surface area contributed by atoms with E-state index >= 15 is 0 Å². The number of rotatable bonds is 3. The molecule has 0 saturated heterocycles. The van der Waals surface area contributed by atoms with Gasteiger partial charge >= 0.3 is 10.4 Å². The van der Waals surface area contributed by atoms with Gasteiger partial charge in [0.1, 0.15) is 0 Å². The van der Waals surface area contributed by atoms with E-state index in [2.05, 4.69) is 112 Å². The fraction of sp³-hybridized carbons (Fsp3) is 0.381. The molecule has 3 saturated carbocycles. The maximum atomic E-state index is 8.74. The number of nitrogens with zero attached hydrogens (tertiary/aromatic N) is 2. The van der Waals surface area contributed by atoms with Gasteiger partial charge in [0.15, 0.2) is 11.4 Å². The Morgan fingerprint density at radius 3 is 1.47 bits per heavy atom. The molecule has 58 heavy (non-hydrogen) atoms. The van der Waals surface area contributed by atoms with Crippen molar-refractivity contribution in [3.05, 3.63) is 113 Å². The molecule has 3 aliphatic carbocycles. The molecule has 3 aliphatic rings. The molecule has 0 spiro atoms. The van der Waals surface area contributed by atoms with Crippen LogP contribution in [0.15, 0.2) is 67.6 Å². The molecule has 0 unspecified atom stereocenters. The Labute approximate surface area is 422 Å². The predicted octanol–water partition coefficient (Wildman–Crippen LogP) is 16.8. The summed E-state index contributed by atoms with van der Waals surface area (Å²) in [6, 6.07) is 19.0. The minimum atomic E-state index is -4.67. The molecule has 16 heteroatoms. The van der Waals surface area contributed by atoms with E-state index in [4.69, 9.17) is 30.7 Å².